The molecule has 0 aliphatic rings. The van der Waals surface area contributed by atoms with E-state index in [1.807, 2.05) is 35.1 Å². The molecule has 3 N–H and O–H groups in total. The van der Waals surface area contributed by atoms with E-state index in [-0.39, 0.29) is 11.9 Å². The molecular formula is C23H25N5O. The predicted molar refractivity (Wildman–Crippen MR) is 115 cm³/mol. The van der Waals surface area contributed by atoms with Crippen molar-refractivity contribution in [2.24, 2.45) is 5.73 Å². The van der Waals surface area contributed by atoms with Crippen molar-refractivity contribution in [3.63, 3.8) is 0 Å². The van der Waals surface area contributed by atoms with Gasteiger partial charge in [0.2, 0.25) is 5.91 Å². The number of hydrogen-bond donors (Lipinski definition) is 2. The molecule has 4 rings (SSSR count). The lowest BCUT2D eigenvalue weighted by Gasteiger charge is -2.18. The van der Waals surface area contributed by atoms with Gasteiger partial charge < -0.3 is 15.6 Å². The number of primary amides is 1. The molecule has 2 aromatic carbocycles. The van der Waals surface area contributed by atoms with Crippen LogP contribution in [0.2, 0.25) is 0 Å². The SMILES string of the molecule is CC(NCc1cn(CCC(N)=O)c2ccccc12)c1ccccc1-n1cccn1. The van der Waals surface area contributed by atoms with Crippen molar-refractivity contribution in [3.05, 3.63) is 84.3 Å². The van der Waals surface area contributed by atoms with Gasteiger partial charge in [-0.1, -0.05) is 36.4 Å². The Morgan fingerprint density at radius 1 is 1.14 bits per heavy atom. The Kier molecular flexibility index (Phi) is 5.44. The molecule has 6 nitrogen and oxygen atoms in total. The Morgan fingerprint density at radius 3 is 2.72 bits per heavy atom. The second-order valence-electron chi connectivity index (χ2n) is 7.19. The van der Waals surface area contributed by atoms with Crippen LogP contribution in [0.15, 0.2) is 73.2 Å². The monoisotopic (exact) mass is 387 g/mol. The lowest BCUT2D eigenvalue weighted by atomic mass is 10.1. The first-order valence-electron chi connectivity index (χ1n) is 9.81. The maximum absolute atomic E-state index is 11.2. The number of nitrogens with two attached hydrogens (primary N) is 1. The number of hydrogen-bond acceptors (Lipinski definition) is 3. The Morgan fingerprint density at radius 2 is 1.93 bits per heavy atom. The third kappa shape index (κ3) is 4.07. The van der Waals surface area contributed by atoms with Gasteiger partial charge in [0.05, 0.1) is 5.69 Å². The van der Waals surface area contributed by atoms with Crippen molar-refractivity contribution in [3.8, 4) is 5.69 Å². The van der Waals surface area contributed by atoms with E-state index in [0.717, 1.165) is 17.7 Å². The van der Waals surface area contributed by atoms with Gasteiger partial charge >= 0.3 is 0 Å². The van der Waals surface area contributed by atoms with E-state index in [9.17, 15) is 4.79 Å². The fourth-order valence-electron chi connectivity index (χ4n) is 3.73. The number of benzene rings is 2. The number of aromatic nitrogens is 3. The number of rotatable bonds is 8. The number of aryl methyl sites for hydroxylation is 1. The number of amides is 1. The summed E-state index contributed by atoms with van der Waals surface area (Å²) in [5.41, 5.74) is 9.92. The molecule has 0 saturated heterocycles. The summed E-state index contributed by atoms with van der Waals surface area (Å²) in [6.07, 6.45) is 6.19. The number of carbonyl (C=O) groups excluding carboxylic acids is 1. The van der Waals surface area contributed by atoms with Crippen LogP contribution in [0, 0.1) is 0 Å². The standard InChI is InChI=1S/C23H25N5O/c1-17(19-7-2-5-10-22(19)28-13-6-12-26-28)25-15-18-16-27(14-11-23(24)29)21-9-4-3-8-20(18)21/h2-10,12-13,16-17,25H,11,14-15H2,1H3,(H2,24,29). The van der Waals surface area contributed by atoms with Gasteiger partial charge in [-0.15, -0.1) is 0 Å². The number of fused-ring (bicyclic) bond motifs is 1. The third-order valence-electron chi connectivity index (χ3n) is 5.22. The molecule has 1 unspecified atom stereocenters. The largest absolute Gasteiger partial charge is 0.370 e. The Hall–Kier alpha value is -3.38. The van der Waals surface area contributed by atoms with Gasteiger partial charge in [0.1, 0.15) is 0 Å². The lowest BCUT2D eigenvalue weighted by molar-refractivity contribution is -0.118. The van der Waals surface area contributed by atoms with Crippen LogP contribution < -0.4 is 11.1 Å². The van der Waals surface area contributed by atoms with E-state index < -0.39 is 0 Å². The molecule has 1 atom stereocenters. The van der Waals surface area contributed by atoms with E-state index in [2.05, 4.69) is 58.4 Å². The summed E-state index contributed by atoms with van der Waals surface area (Å²) in [4.78, 5) is 11.2. The van der Waals surface area contributed by atoms with Gasteiger partial charge in [-0.05, 0) is 36.2 Å². The first-order valence-corrected chi connectivity index (χ1v) is 9.81. The molecule has 0 spiro atoms. The van der Waals surface area contributed by atoms with E-state index in [4.69, 9.17) is 5.73 Å². The van der Waals surface area contributed by atoms with Crippen LogP contribution in [0.25, 0.3) is 16.6 Å². The molecule has 0 aliphatic heterocycles. The van der Waals surface area contributed by atoms with Crippen molar-refractivity contribution in [1.82, 2.24) is 19.7 Å². The van der Waals surface area contributed by atoms with Gasteiger partial charge in [-0.2, -0.15) is 5.10 Å². The van der Waals surface area contributed by atoms with Gasteiger partial charge in [0, 0.05) is 55.0 Å². The number of nitrogens with one attached hydrogen (secondary N) is 1. The second-order valence-corrected chi connectivity index (χ2v) is 7.19. The summed E-state index contributed by atoms with van der Waals surface area (Å²) in [6.45, 7) is 3.47. The zero-order valence-corrected chi connectivity index (χ0v) is 16.5. The molecule has 0 aliphatic carbocycles. The maximum atomic E-state index is 11.2. The van der Waals surface area contributed by atoms with Gasteiger partial charge in [-0.3, -0.25) is 4.79 Å². The minimum absolute atomic E-state index is 0.142. The smallest absolute Gasteiger partial charge is 0.219 e. The minimum Gasteiger partial charge on any atom is -0.370 e. The highest BCUT2D eigenvalue weighted by Gasteiger charge is 2.14. The molecular weight excluding hydrogens is 362 g/mol. The lowest BCUT2D eigenvalue weighted by Crippen LogP contribution is -2.19. The molecule has 2 heterocycles. The summed E-state index contributed by atoms with van der Waals surface area (Å²) in [7, 11) is 0. The number of nitrogens with zero attached hydrogens (tertiary/aromatic N) is 3. The summed E-state index contributed by atoms with van der Waals surface area (Å²) >= 11 is 0. The van der Waals surface area contributed by atoms with Gasteiger partial charge in [0.25, 0.3) is 0 Å². The fourth-order valence-corrected chi connectivity index (χ4v) is 3.73. The molecule has 0 saturated carbocycles. The first-order chi connectivity index (χ1) is 14.1. The molecule has 6 heteroatoms. The fraction of sp³-hybridized carbons (Fsp3) is 0.217. The molecule has 0 fully saturated rings. The van der Waals surface area contributed by atoms with Crippen molar-refractivity contribution in [2.75, 3.05) is 0 Å². The Balaban J connectivity index is 1.55. The third-order valence-corrected chi connectivity index (χ3v) is 5.22. The second kappa shape index (κ2) is 8.32. The van der Waals surface area contributed by atoms with Crippen LogP contribution in [0.1, 0.15) is 30.5 Å². The van der Waals surface area contributed by atoms with E-state index >= 15 is 0 Å². The molecule has 0 radical (unpaired) electrons. The number of para-hydroxylation sites is 2. The molecule has 4 aromatic rings. The van der Waals surface area contributed by atoms with Crippen LogP contribution in [-0.2, 0) is 17.9 Å². The van der Waals surface area contributed by atoms with Crippen LogP contribution in [0.4, 0.5) is 0 Å². The average molecular weight is 387 g/mol. The zero-order valence-electron chi connectivity index (χ0n) is 16.5. The summed E-state index contributed by atoms with van der Waals surface area (Å²) in [6, 6.07) is 18.6. The van der Waals surface area contributed by atoms with Crippen molar-refractivity contribution in [1.29, 1.82) is 0 Å². The number of carbonyl (C=O) groups is 1. The minimum atomic E-state index is -0.286. The van der Waals surface area contributed by atoms with Crippen LogP contribution >= 0.6 is 0 Å². The molecule has 0 bridgehead atoms. The zero-order chi connectivity index (χ0) is 20.2. The molecule has 1 amide bonds. The molecule has 29 heavy (non-hydrogen) atoms. The van der Waals surface area contributed by atoms with E-state index in [1.54, 1.807) is 6.20 Å². The van der Waals surface area contributed by atoms with Crippen LogP contribution in [0.3, 0.4) is 0 Å². The highest BCUT2D eigenvalue weighted by atomic mass is 16.1. The quantitative estimate of drug-likeness (QED) is 0.485. The summed E-state index contributed by atoms with van der Waals surface area (Å²) < 4.78 is 4.00. The normalized spacial score (nSPS) is 12.3. The molecule has 148 valence electrons. The summed E-state index contributed by atoms with van der Waals surface area (Å²) in [5, 5.41) is 9.21. The van der Waals surface area contributed by atoms with Crippen LogP contribution in [-0.4, -0.2) is 20.3 Å². The average Bonchev–Trinajstić information content (AvgIpc) is 3.39. The summed E-state index contributed by atoms with van der Waals surface area (Å²) in [5.74, 6) is -0.286. The van der Waals surface area contributed by atoms with Crippen molar-refractivity contribution < 1.29 is 4.79 Å². The molecule has 2 aromatic heterocycles. The van der Waals surface area contributed by atoms with Crippen molar-refractivity contribution >= 4 is 16.8 Å². The van der Waals surface area contributed by atoms with Gasteiger partial charge in [0.15, 0.2) is 0 Å². The van der Waals surface area contributed by atoms with E-state index in [0.29, 0.717) is 13.0 Å². The topological polar surface area (TPSA) is 77.9 Å². The van der Waals surface area contributed by atoms with E-state index in [1.165, 1.54) is 16.5 Å². The Bertz CT molecular complexity index is 1110. The first kappa shape index (κ1) is 19.0. The van der Waals surface area contributed by atoms with Crippen LogP contribution in [0.5, 0.6) is 0 Å². The maximum Gasteiger partial charge on any atom is 0.219 e. The highest BCUT2D eigenvalue weighted by Crippen LogP contribution is 2.24. The van der Waals surface area contributed by atoms with Crippen molar-refractivity contribution in [2.45, 2.75) is 32.5 Å². The Labute approximate surface area is 169 Å². The van der Waals surface area contributed by atoms with Gasteiger partial charge in [-0.25, -0.2) is 4.68 Å². The predicted octanol–water partition coefficient (Wildman–Crippen LogP) is 3.55. The highest BCUT2D eigenvalue weighted by molar-refractivity contribution is 5.84.